The summed E-state index contributed by atoms with van der Waals surface area (Å²) in [6, 6.07) is 11.7. The minimum absolute atomic E-state index is 0.0100. The number of ether oxygens (including phenoxy) is 2. The number of benzene rings is 2. The van der Waals surface area contributed by atoms with Crippen LogP contribution >= 0.6 is 0 Å². The fourth-order valence-corrected chi connectivity index (χ4v) is 3.82. The average molecular weight is 512 g/mol. The Morgan fingerprint density at radius 2 is 1.81 bits per heavy atom. The van der Waals surface area contributed by atoms with Crippen molar-refractivity contribution in [3.8, 4) is 22.9 Å². The van der Waals surface area contributed by atoms with Crippen molar-refractivity contribution in [3.63, 3.8) is 0 Å². The van der Waals surface area contributed by atoms with Crippen molar-refractivity contribution < 1.29 is 27.4 Å². The van der Waals surface area contributed by atoms with Crippen LogP contribution in [-0.4, -0.2) is 43.8 Å². The first kappa shape index (κ1) is 24.2. The van der Waals surface area contributed by atoms with Gasteiger partial charge in [-0.1, -0.05) is 23.4 Å². The van der Waals surface area contributed by atoms with Crippen LogP contribution in [0.3, 0.4) is 0 Å². The molecule has 1 saturated carbocycles. The normalized spacial score (nSPS) is 14.4. The van der Waals surface area contributed by atoms with E-state index in [1.807, 2.05) is 0 Å². The van der Waals surface area contributed by atoms with Crippen molar-refractivity contribution >= 4 is 16.8 Å². The van der Waals surface area contributed by atoms with Crippen LogP contribution in [0.2, 0.25) is 0 Å². The number of alkyl halides is 3. The topological polar surface area (TPSA) is 135 Å². The van der Waals surface area contributed by atoms with Gasteiger partial charge in [0.25, 0.3) is 11.5 Å². The second-order valence-electron chi connectivity index (χ2n) is 8.73. The molecule has 0 radical (unpaired) electrons. The lowest BCUT2D eigenvalue weighted by Crippen LogP contribution is -2.31. The molecule has 37 heavy (non-hydrogen) atoms. The fourth-order valence-electron chi connectivity index (χ4n) is 3.82. The van der Waals surface area contributed by atoms with Crippen molar-refractivity contribution in [2.24, 2.45) is 11.1 Å². The Morgan fingerprint density at radius 1 is 1.08 bits per heavy atom. The van der Waals surface area contributed by atoms with E-state index in [0.717, 1.165) is 12.8 Å². The van der Waals surface area contributed by atoms with E-state index in [1.165, 1.54) is 41.2 Å². The standard InChI is InChI=1S/C24H19F3N6O4/c25-24(26,27)37-16-4-1-14(2-5-16)15-3-6-18-17(11-15)21(35)33(32-31-18)12-23(8-9-23)13-36-22-29-10-7-19(30-22)20(28)34/h1-7,10-11H,8-9,12-13H2,(H2,28,34). The number of hydrogen-bond donors (Lipinski definition) is 1. The first-order chi connectivity index (χ1) is 17.6. The number of aromatic nitrogens is 5. The van der Waals surface area contributed by atoms with Gasteiger partial charge in [0.2, 0.25) is 0 Å². The Hall–Kier alpha value is -4.55. The lowest BCUT2D eigenvalue weighted by molar-refractivity contribution is -0.274. The van der Waals surface area contributed by atoms with Crippen LogP contribution in [0.25, 0.3) is 22.0 Å². The molecule has 13 heteroatoms. The molecule has 2 heterocycles. The Bertz CT molecular complexity index is 1530. The Morgan fingerprint density at radius 3 is 2.49 bits per heavy atom. The van der Waals surface area contributed by atoms with E-state index in [2.05, 4.69) is 25.0 Å². The van der Waals surface area contributed by atoms with Gasteiger partial charge < -0.3 is 15.2 Å². The summed E-state index contributed by atoms with van der Waals surface area (Å²) >= 11 is 0. The minimum Gasteiger partial charge on any atom is -0.463 e. The highest BCUT2D eigenvalue weighted by molar-refractivity contribution is 5.90. The summed E-state index contributed by atoms with van der Waals surface area (Å²) in [5, 5.41) is 8.52. The van der Waals surface area contributed by atoms with Crippen LogP contribution < -0.4 is 20.8 Å². The molecule has 10 nitrogen and oxygen atoms in total. The maximum Gasteiger partial charge on any atom is 0.573 e. The summed E-state index contributed by atoms with van der Waals surface area (Å²) in [6.07, 6.45) is -1.85. The van der Waals surface area contributed by atoms with Crippen molar-refractivity contribution in [3.05, 3.63) is 70.8 Å². The number of halogens is 3. The third-order valence-corrected chi connectivity index (χ3v) is 5.98. The number of nitrogens with two attached hydrogens (primary N) is 1. The number of hydrogen-bond acceptors (Lipinski definition) is 8. The molecular formula is C24H19F3N6O4. The summed E-state index contributed by atoms with van der Waals surface area (Å²) in [7, 11) is 0. The van der Waals surface area contributed by atoms with Gasteiger partial charge in [-0.3, -0.25) is 9.59 Å². The first-order valence-electron chi connectivity index (χ1n) is 11.1. The third kappa shape index (κ3) is 5.50. The molecule has 4 aromatic rings. The maximum atomic E-state index is 13.2. The van der Waals surface area contributed by atoms with Gasteiger partial charge in [0.1, 0.15) is 17.0 Å². The van der Waals surface area contributed by atoms with E-state index in [9.17, 15) is 22.8 Å². The van der Waals surface area contributed by atoms with Crippen LogP contribution in [0.4, 0.5) is 13.2 Å². The van der Waals surface area contributed by atoms with Crippen LogP contribution in [-0.2, 0) is 6.54 Å². The molecule has 1 aliphatic rings. The molecule has 0 saturated heterocycles. The van der Waals surface area contributed by atoms with Crippen LogP contribution in [0, 0.1) is 5.41 Å². The van der Waals surface area contributed by atoms with Gasteiger partial charge in [0.05, 0.1) is 18.5 Å². The number of rotatable bonds is 8. The molecule has 5 rings (SSSR count). The zero-order chi connectivity index (χ0) is 26.2. The van der Waals surface area contributed by atoms with Gasteiger partial charge in [-0.05, 0) is 54.3 Å². The summed E-state index contributed by atoms with van der Waals surface area (Å²) in [6.45, 7) is 0.450. The smallest absolute Gasteiger partial charge is 0.463 e. The lowest BCUT2D eigenvalue weighted by atomic mass is 10.0. The molecule has 0 unspecified atom stereocenters. The predicted octanol–water partition coefficient (Wildman–Crippen LogP) is 3.11. The average Bonchev–Trinajstić information content (AvgIpc) is 3.64. The van der Waals surface area contributed by atoms with Gasteiger partial charge in [-0.2, -0.15) is 4.98 Å². The summed E-state index contributed by atoms with van der Waals surface area (Å²) in [4.78, 5) is 32.5. The number of primary amides is 1. The van der Waals surface area contributed by atoms with Crippen LogP contribution in [0.1, 0.15) is 23.3 Å². The van der Waals surface area contributed by atoms with Gasteiger partial charge in [-0.25, -0.2) is 9.67 Å². The molecule has 0 bridgehead atoms. The fraction of sp³-hybridized carbons (Fsp3) is 0.250. The van der Waals surface area contributed by atoms with Gasteiger partial charge in [-0.15, -0.1) is 18.3 Å². The molecule has 190 valence electrons. The second-order valence-corrected chi connectivity index (χ2v) is 8.73. The highest BCUT2D eigenvalue weighted by Gasteiger charge is 2.45. The number of carbonyl (C=O) groups excluding carboxylic acids is 1. The van der Waals surface area contributed by atoms with Crippen LogP contribution in [0.5, 0.6) is 11.8 Å². The number of fused-ring (bicyclic) bond motifs is 1. The zero-order valence-electron chi connectivity index (χ0n) is 19.1. The van der Waals surface area contributed by atoms with Crippen molar-refractivity contribution in [2.45, 2.75) is 25.7 Å². The maximum absolute atomic E-state index is 13.2. The summed E-state index contributed by atoms with van der Waals surface area (Å²) in [5.74, 6) is -1.04. The summed E-state index contributed by atoms with van der Waals surface area (Å²) in [5.41, 5.74) is 6.15. The van der Waals surface area contributed by atoms with E-state index in [1.54, 1.807) is 18.2 Å². The number of nitrogens with zero attached hydrogens (tertiary/aromatic N) is 5. The summed E-state index contributed by atoms with van der Waals surface area (Å²) < 4.78 is 48.1. The Labute approximate surface area is 206 Å². The number of carbonyl (C=O) groups is 1. The van der Waals surface area contributed by atoms with Gasteiger partial charge in [0.15, 0.2) is 0 Å². The monoisotopic (exact) mass is 512 g/mol. The number of amides is 1. The Kier molecular flexibility index (Phi) is 5.97. The lowest BCUT2D eigenvalue weighted by Gasteiger charge is -2.16. The molecule has 0 aliphatic heterocycles. The van der Waals surface area contributed by atoms with E-state index in [0.29, 0.717) is 22.0 Å². The quantitative estimate of drug-likeness (QED) is 0.381. The molecule has 0 atom stereocenters. The Balaban J connectivity index is 1.34. The second kappa shape index (κ2) is 9.15. The van der Waals surface area contributed by atoms with E-state index in [4.69, 9.17) is 10.5 Å². The zero-order valence-corrected chi connectivity index (χ0v) is 19.1. The molecule has 2 aromatic heterocycles. The SMILES string of the molecule is NC(=O)c1ccnc(OCC2(Cn3nnc4ccc(-c5ccc(OC(F)(F)F)cc5)cc4c3=O)CC2)n1. The first-order valence-corrected chi connectivity index (χ1v) is 11.1. The molecule has 2 aromatic carbocycles. The van der Waals surface area contributed by atoms with Gasteiger partial charge in [0, 0.05) is 11.6 Å². The molecular weight excluding hydrogens is 493 g/mol. The van der Waals surface area contributed by atoms with E-state index < -0.39 is 12.3 Å². The van der Waals surface area contributed by atoms with E-state index in [-0.39, 0.29) is 41.6 Å². The van der Waals surface area contributed by atoms with Gasteiger partial charge >= 0.3 is 12.4 Å². The molecule has 1 fully saturated rings. The molecule has 2 N–H and O–H groups in total. The van der Waals surface area contributed by atoms with Crippen LogP contribution in [0.15, 0.2) is 59.5 Å². The predicted molar refractivity (Wildman–Crippen MR) is 124 cm³/mol. The third-order valence-electron chi connectivity index (χ3n) is 5.98. The molecule has 1 amide bonds. The highest BCUT2D eigenvalue weighted by Crippen LogP contribution is 2.47. The van der Waals surface area contributed by atoms with E-state index >= 15 is 0 Å². The van der Waals surface area contributed by atoms with Crippen molar-refractivity contribution in [1.82, 2.24) is 25.0 Å². The molecule has 0 spiro atoms. The largest absolute Gasteiger partial charge is 0.573 e. The molecule has 1 aliphatic carbocycles. The highest BCUT2D eigenvalue weighted by atomic mass is 19.4. The minimum atomic E-state index is -4.78. The van der Waals surface area contributed by atoms with Crippen molar-refractivity contribution in [1.29, 1.82) is 0 Å². The van der Waals surface area contributed by atoms with Crippen molar-refractivity contribution in [2.75, 3.05) is 6.61 Å².